The highest BCUT2D eigenvalue weighted by Gasteiger charge is 2.33. The number of halogens is 2. The van der Waals surface area contributed by atoms with Gasteiger partial charge in [0.25, 0.3) is 10.0 Å². The molecule has 3 aromatic rings. The van der Waals surface area contributed by atoms with Crippen molar-refractivity contribution in [3.8, 4) is 0 Å². The lowest BCUT2D eigenvalue weighted by Crippen LogP contribution is -2.51. The molecule has 10 heteroatoms. The van der Waals surface area contributed by atoms with Gasteiger partial charge in [0.1, 0.15) is 12.6 Å². The molecule has 0 bridgehead atoms. The van der Waals surface area contributed by atoms with Crippen molar-refractivity contribution in [2.24, 2.45) is 5.92 Å². The standard InChI is InChI=1S/C31H37Cl2N3O4S/c1-20(2)17-34-31(38)24(6)35(18-26-27(32)8-7-9-28(26)33)30(37)19-36(29-15-12-22(4)16-23(29)5)41(39,40)25-13-10-21(3)11-14-25/h7-16,20,24H,17-19H2,1-6H3,(H,34,38)/t24-/m1/s1. The van der Waals surface area contributed by atoms with Gasteiger partial charge in [-0.15, -0.1) is 0 Å². The summed E-state index contributed by atoms with van der Waals surface area (Å²) < 4.78 is 29.1. The average molecular weight is 619 g/mol. The fourth-order valence-corrected chi connectivity index (χ4v) is 6.32. The minimum Gasteiger partial charge on any atom is -0.354 e. The highest BCUT2D eigenvalue weighted by atomic mass is 35.5. The van der Waals surface area contributed by atoms with Crippen molar-refractivity contribution in [3.63, 3.8) is 0 Å². The Bertz CT molecular complexity index is 1490. The zero-order chi connectivity index (χ0) is 30.5. The Morgan fingerprint density at radius 3 is 2.02 bits per heavy atom. The van der Waals surface area contributed by atoms with E-state index < -0.39 is 28.5 Å². The fraction of sp³-hybridized carbons (Fsp3) is 0.355. The number of nitrogens with one attached hydrogen (secondary N) is 1. The summed E-state index contributed by atoms with van der Waals surface area (Å²) in [5.74, 6) is -0.744. The van der Waals surface area contributed by atoms with Crippen LogP contribution in [0, 0.1) is 26.7 Å². The maximum absolute atomic E-state index is 14.1. The second-order valence-electron chi connectivity index (χ2n) is 10.7. The zero-order valence-electron chi connectivity index (χ0n) is 24.2. The van der Waals surface area contributed by atoms with E-state index in [1.807, 2.05) is 33.8 Å². The first kappa shape index (κ1) is 32.4. The van der Waals surface area contributed by atoms with Crippen molar-refractivity contribution in [1.29, 1.82) is 0 Å². The van der Waals surface area contributed by atoms with E-state index in [0.717, 1.165) is 15.4 Å². The molecule has 7 nitrogen and oxygen atoms in total. The van der Waals surface area contributed by atoms with Gasteiger partial charge in [-0.2, -0.15) is 0 Å². The predicted octanol–water partition coefficient (Wildman–Crippen LogP) is 6.30. The van der Waals surface area contributed by atoms with Crippen molar-refractivity contribution in [2.75, 3.05) is 17.4 Å². The third-order valence-corrected chi connectivity index (χ3v) is 9.23. The van der Waals surface area contributed by atoms with E-state index in [0.29, 0.717) is 33.4 Å². The van der Waals surface area contributed by atoms with Gasteiger partial charge in [-0.05, 0) is 69.5 Å². The Balaban J connectivity index is 2.09. The number of nitrogens with zero attached hydrogens (tertiary/aromatic N) is 2. The van der Waals surface area contributed by atoms with Gasteiger partial charge >= 0.3 is 0 Å². The molecule has 2 amide bonds. The summed E-state index contributed by atoms with van der Waals surface area (Å²) in [5, 5.41) is 3.54. The average Bonchev–Trinajstić information content (AvgIpc) is 2.90. The molecule has 41 heavy (non-hydrogen) atoms. The van der Waals surface area contributed by atoms with Crippen molar-refractivity contribution in [3.05, 3.63) is 93.0 Å². The molecule has 0 saturated heterocycles. The van der Waals surface area contributed by atoms with E-state index in [1.165, 1.54) is 17.0 Å². The second kappa shape index (κ2) is 13.7. The number of sulfonamides is 1. The first-order chi connectivity index (χ1) is 19.2. The van der Waals surface area contributed by atoms with E-state index in [1.54, 1.807) is 56.3 Å². The lowest BCUT2D eigenvalue weighted by molar-refractivity contribution is -0.139. The number of hydrogen-bond acceptors (Lipinski definition) is 4. The maximum Gasteiger partial charge on any atom is 0.264 e. The fourth-order valence-electron chi connectivity index (χ4n) is 4.32. The Morgan fingerprint density at radius 1 is 0.878 bits per heavy atom. The molecule has 0 aliphatic heterocycles. The van der Waals surface area contributed by atoms with Gasteiger partial charge in [0.05, 0.1) is 10.6 Å². The quantitative estimate of drug-likeness (QED) is 0.273. The molecule has 0 fully saturated rings. The first-order valence-electron chi connectivity index (χ1n) is 13.4. The predicted molar refractivity (Wildman–Crippen MR) is 166 cm³/mol. The van der Waals surface area contributed by atoms with Gasteiger partial charge in [0.15, 0.2) is 0 Å². The summed E-state index contributed by atoms with van der Waals surface area (Å²) in [7, 11) is -4.16. The van der Waals surface area contributed by atoms with E-state index in [2.05, 4.69) is 5.32 Å². The summed E-state index contributed by atoms with van der Waals surface area (Å²) in [5.41, 5.74) is 3.39. The van der Waals surface area contributed by atoms with Crippen molar-refractivity contribution < 1.29 is 18.0 Å². The third kappa shape index (κ3) is 8.03. The number of carbonyl (C=O) groups excluding carboxylic acids is 2. The van der Waals surface area contributed by atoms with Crippen LogP contribution in [0.3, 0.4) is 0 Å². The Morgan fingerprint density at radius 2 is 1.46 bits per heavy atom. The number of carbonyl (C=O) groups is 2. The monoisotopic (exact) mass is 617 g/mol. The molecule has 0 saturated carbocycles. The smallest absolute Gasteiger partial charge is 0.264 e. The molecule has 1 atom stereocenters. The minimum atomic E-state index is -4.16. The molecule has 0 aliphatic rings. The van der Waals surface area contributed by atoms with Crippen molar-refractivity contribution in [1.82, 2.24) is 10.2 Å². The molecular weight excluding hydrogens is 581 g/mol. The second-order valence-corrected chi connectivity index (χ2v) is 13.3. The third-order valence-electron chi connectivity index (χ3n) is 6.75. The van der Waals surface area contributed by atoms with Crippen LogP contribution in [0.4, 0.5) is 5.69 Å². The van der Waals surface area contributed by atoms with E-state index in [-0.39, 0.29) is 23.3 Å². The topological polar surface area (TPSA) is 86.8 Å². The van der Waals surface area contributed by atoms with E-state index >= 15 is 0 Å². The molecule has 3 rings (SSSR count). The van der Waals surface area contributed by atoms with Crippen LogP contribution >= 0.6 is 23.2 Å². The van der Waals surface area contributed by atoms with Gasteiger partial charge in [-0.3, -0.25) is 13.9 Å². The van der Waals surface area contributed by atoms with Gasteiger partial charge in [-0.25, -0.2) is 8.42 Å². The molecule has 0 heterocycles. The highest BCUT2D eigenvalue weighted by Crippen LogP contribution is 2.30. The molecule has 3 aromatic carbocycles. The largest absolute Gasteiger partial charge is 0.354 e. The van der Waals surface area contributed by atoms with Crippen LogP contribution < -0.4 is 9.62 Å². The Labute approximate surface area is 253 Å². The molecular formula is C31H37Cl2N3O4S. The summed E-state index contributed by atoms with van der Waals surface area (Å²) in [4.78, 5) is 28.6. The Kier molecular flexibility index (Phi) is 10.9. The number of amides is 2. The summed E-state index contributed by atoms with van der Waals surface area (Å²) in [6, 6.07) is 15.9. The van der Waals surface area contributed by atoms with E-state index in [4.69, 9.17) is 23.2 Å². The number of rotatable bonds is 11. The van der Waals surface area contributed by atoms with E-state index in [9.17, 15) is 18.0 Å². The van der Waals surface area contributed by atoms with Crippen LogP contribution in [0.25, 0.3) is 0 Å². The summed E-state index contributed by atoms with van der Waals surface area (Å²) in [6.45, 7) is 10.9. The summed E-state index contributed by atoms with van der Waals surface area (Å²) in [6.07, 6.45) is 0. The van der Waals surface area contributed by atoms with Crippen LogP contribution in [0.1, 0.15) is 43.0 Å². The first-order valence-corrected chi connectivity index (χ1v) is 15.6. The van der Waals surface area contributed by atoms with Crippen molar-refractivity contribution in [2.45, 2.75) is 59.0 Å². The molecule has 1 N–H and O–H groups in total. The van der Waals surface area contributed by atoms with Crippen LogP contribution in [0.15, 0.2) is 65.6 Å². The number of benzene rings is 3. The van der Waals surface area contributed by atoms with Gasteiger partial charge < -0.3 is 10.2 Å². The minimum absolute atomic E-state index is 0.0549. The van der Waals surface area contributed by atoms with Gasteiger partial charge in [-0.1, -0.05) is 78.5 Å². The lowest BCUT2D eigenvalue weighted by Gasteiger charge is -2.33. The van der Waals surface area contributed by atoms with Crippen LogP contribution in [-0.4, -0.2) is 44.3 Å². The number of aryl methyl sites for hydroxylation is 3. The SMILES string of the molecule is Cc1ccc(S(=O)(=O)N(CC(=O)N(Cc2c(Cl)cccc2Cl)[C@H](C)C(=O)NCC(C)C)c2ccc(C)cc2C)cc1. The molecule has 0 radical (unpaired) electrons. The molecule has 0 spiro atoms. The Hall–Kier alpha value is -3.07. The maximum atomic E-state index is 14.1. The van der Waals surface area contributed by atoms with Gasteiger partial charge in [0, 0.05) is 28.7 Å². The molecule has 0 aromatic heterocycles. The van der Waals surface area contributed by atoms with Gasteiger partial charge in [0.2, 0.25) is 11.8 Å². The zero-order valence-corrected chi connectivity index (χ0v) is 26.6. The number of anilines is 1. The van der Waals surface area contributed by atoms with Crippen LogP contribution in [0.2, 0.25) is 10.0 Å². The normalized spacial score (nSPS) is 12.2. The molecule has 0 aliphatic carbocycles. The van der Waals surface area contributed by atoms with Crippen molar-refractivity contribution >= 4 is 50.7 Å². The van der Waals surface area contributed by atoms with Crippen LogP contribution in [0.5, 0.6) is 0 Å². The highest BCUT2D eigenvalue weighted by molar-refractivity contribution is 7.92. The lowest BCUT2D eigenvalue weighted by atomic mass is 10.1. The number of hydrogen-bond donors (Lipinski definition) is 1. The van der Waals surface area contributed by atoms with Crippen LogP contribution in [-0.2, 0) is 26.2 Å². The molecule has 220 valence electrons. The molecule has 0 unspecified atom stereocenters. The summed E-state index contributed by atoms with van der Waals surface area (Å²) >= 11 is 12.9.